The Kier molecular flexibility index (Phi) is 5.99. The van der Waals surface area contributed by atoms with E-state index in [9.17, 15) is 17.4 Å². The van der Waals surface area contributed by atoms with Crippen LogP contribution in [0.4, 0.5) is 4.39 Å². The third-order valence-corrected chi connectivity index (χ3v) is 6.72. The van der Waals surface area contributed by atoms with Gasteiger partial charge in [0, 0.05) is 17.2 Å². The molecule has 1 aromatic carbocycles. The zero-order valence-corrected chi connectivity index (χ0v) is 18.9. The van der Waals surface area contributed by atoms with Crippen LogP contribution in [0.5, 0.6) is 0 Å². The van der Waals surface area contributed by atoms with Crippen LogP contribution < -0.4 is 0 Å². The molecule has 30 heavy (non-hydrogen) atoms. The van der Waals surface area contributed by atoms with Crippen molar-refractivity contribution in [2.75, 3.05) is 6.26 Å². The molecule has 3 rings (SSSR count). The topological polar surface area (TPSA) is 95.3 Å². The number of hydrogen-bond acceptors (Lipinski definition) is 6. The highest BCUT2D eigenvalue weighted by atomic mass is 32.2. The fraction of sp³-hybridized carbons (Fsp3) is 0.286. The Morgan fingerprint density at radius 3 is 2.47 bits per heavy atom. The standard InChI is InChI=1S/C21H22FN3O3S2/c1-13(25-29(26)21(2,3)4)20-16(12-14-11-15(22)9-10-17(14)24-20)18-7-6-8-19(23-18)30(5,27)28/h6-12H,1-5H3/b25-13+. The van der Waals surface area contributed by atoms with E-state index in [0.29, 0.717) is 33.6 Å². The van der Waals surface area contributed by atoms with E-state index >= 15 is 0 Å². The Balaban J connectivity index is 2.29. The monoisotopic (exact) mass is 447 g/mol. The largest absolute Gasteiger partial charge is 0.591 e. The molecule has 0 aliphatic carbocycles. The van der Waals surface area contributed by atoms with Crippen molar-refractivity contribution in [3.63, 3.8) is 0 Å². The zero-order valence-electron chi connectivity index (χ0n) is 17.3. The molecular weight excluding hydrogens is 425 g/mol. The van der Waals surface area contributed by atoms with Gasteiger partial charge in [0.1, 0.15) is 27.6 Å². The average Bonchev–Trinajstić information content (AvgIpc) is 2.65. The molecule has 158 valence electrons. The predicted octanol–water partition coefficient (Wildman–Crippen LogP) is 4.11. The van der Waals surface area contributed by atoms with Crippen LogP contribution in [0.2, 0.25) is 0 Å². The molecule has 0 radical (unpaired) electrons. The summed E-state index contributed by atoms with van der Waals surface area (Å²) in [4.78, 5) is 8.86. The van der Waals surface area contributed by atoms with Crippen LogP contribution in [0.25, 0.3) is 22.2 Å². The number of nitrogens with zero attached hydrogens (tertiary/aromatic N) is 3. The molecule has 2 aromatic heterocycles. The van der Waals surface area contributed by atoms with Crippen molar-refractivity contribution < 1.29 is 17.4 Å². The molecule has 0 amide bonds. The normalized spacial score (nSPS) is 14.2. The highest BCUT2D eigenvalue weighted by molar-refractivity contribution is 7.91. The second kappa shape index (κ2) is 8.05. The summed E-state index contributed by atoms with van der Waals surface area (Å²) in [5, 5.41) is 0.447. The van der Waals surface area contributed by atoms with E-state index in [4.69, 9.17) is 0 Å². The second-order valence-electron chi connectivity index (χ2n) is 7.89. The lowest BCUT2D eigenvalue weighted by Gasteiger charge is -2.19. The molecule has 0 saturated carbocycles. The first-order valence-electron chi connectivity index (χ1n) is 9.12. The van der Waals surface area contributed by atoms with Gasteiger partial charge in [-0.2, -0.15) is 0 Å². The van der Waals surface area contributed by atoms with Crippen LogP contribution in [0.1, 0.15) is 33.4 Å². The molecule has 3 aromatic rings. The van der Waals surface area contributed by atoms with Gasteiger partial charge in [0.15, 0.2) is 14.9 Å². The van der Waals surface area contributed by atoms with Crippen molar-refractivity contribution in [3.05, 3.63) is 54.0 Å². The molecule has 0 aliphatic heterocycles. The predicted molar refractivity (Wildman–Crippen MR) is 118 cm³/mol. The maximum Gasteiger partial charge on any atom is 0.192 e. The highest BCUT2D eigenvalue weighted by Gasteiger charge is 2.27. The number of rotatable bonds is 4. The smallest absolute Gasteiger partial charge is 0.192 e. The quantitative estimate of drug-likeness (QED) is 0.443. The Bertz CT molecular complexity index is 1250. The van der Waals surface area contributed by atoms with Crippen molar-refractivity contribution in [2.45, 2.75) is 37.5 Å². The van der Waals surface area contributed by atoms with Crippen molar-refractivity contribution in [1.82, 2.24) is 9.97 Å². The first-order chi connectivity index (χ1) is 13.9. The van der Waals surface area contributed by atoms with Gasteiger partial charge < -0.3 is 4.55 Å². The lowest BCUT2D eigenvalue weighted by molar-refractivity contribution is 0.561. The summed E-state index contributed by atoms with van der Waals surface area (Å²) in [6.45, 7) is 7.13. The second-order valence-corrected chi connectivity index (χ2v) is 11.8. The number of aromatic nitrogens is 2. The Labute approximate surface area is 178 Å². The van der Waals surface area contributed by atoms with Crippen molar-refractivity contribution in [1.29, 1.82) is 0 Å². The van der Waals surface area contributed by atoms with Crippen LogP contribution in [0.3, 0.4) is 0 Å². The van der Waals surface area contributed by atoms with Gasteiger partial charge >= 0.3 is 0 Å². The van der Waals surface area contributed by atoms with E-state index in [1.165, 1.54) is 18.2 Å². The summed E-state index contributed by atoms with van der Waals surface area (Å²) in [7, 11) is -3.52. The maximum absolute atomic E-state index is 13.8. The SMILES string of the molecule is C/C(=N\[S+]([O-])C(C)(C)C)c1nc2ccc(F)cc2cc1-c1cccc(S(C)(=O)=O)n1. The minimum Gasteiger partial charge on any atom is -0.591 e. The fourth-order valence-electron chi connectivity index (χ4n) is 2.69. The molecule has 1 atom stereocenters. The van der Waals surface area contributed by atoms with Crippen LogP contribution in [0.15, 0.2) is 51.9 Å². The number of benzene rings is 1. The Morgan fingerprint density at radius 2 is 1.83 bits per heavy atom. The number of fused-ring (bicyclic) bond motifs is 1. The summed E-state index contributed by atoms with van der Waals surface area (Å²) < 4.78 is 54.0. The molecule has 6 nitrogen and oxygen atoms in total. The molecular formula is C21H22FN3O3S2. The van der Waals surface area contributed by atoms with E-state index in [2.05, 4.69) is 14.4 Å². The maximum atomic E-state index is 13.8. The lowest BCUT2D eigenvalue weighted by atomic mass is 10.0. The van der Waals surface area contributed by atoms with Gasteiger partial charge in [-0.25, -0.2) is 22.8 Å². The number of halogens is 1. The lowest BCUT2D eigenvalue weighted by Crippen LogP contribution is -2.27. The first kappa shape index (κ1) is 22.3. The summed E-state index contributed by atoms with van der Waals surface area (Å²) in [6.07, 6.45) is 1.08. The third-order valence-electron chi connectivity index (χ3n) is 4.24. The Morgan fingerprint density at radius 1 is 1.13 bits per heavy atom. The molecule has 0 fully saturated rings. The van der Waals surface area contributed by atoms with E-state index in [1.807, 2.05) is 20.8 Å². The minimum absolute atomic E-state index is 0.0850. The van der Waals surface area contributed by atoms with Gasteiger partial charge in [-0.3, -0.25) is 0 Å². The van der Waals surface area contributed by atoms with E-state index in [-0.39, 0.29) is 5.03 Å². The van der Waals surface area contributed by atoms with Gasteiger partial charge in [-0.15, -0.1) is 0 Å². The molecule has 0 saturated heterocycles. The molecule has 0 bridgehead atoms. The number of pyridine rings is 2. The molecule has 0 spiro atoms. The van der Waals surface area contributed by atoms with Crippen LogP contribution >= 0.6 is 0 Å². The van der Waals surface area contributed by atoms with Crippen LogP contribution in [0, 0.1) is 5.82 Å². The van der Waals surface area contributed by atoms with Gasteiger partial charge in [0.2, 0.25) is 0 Å². The fourth-order valence-corrected chi connectivity index (χ4v) is 3.89. The molecule has 0 N–H and O–H groups in total. The van der Waals surface area contributed by atoms with E-state index < -0.39 is 31.8 Å². The van der Waals surface area contributed by atoms with Crippen molar-refractivity contribution in [2.24, 2.45) is 4.40 Å². The molecule has 1 unspecified atom stereocenters. The summed E-state index contributed by atoms with van der Waals surface area (Å²) in [5.41, 5.74) is 2.18. The Hall–Kier alpha value is -2.36. The first-order valence-corrected chi connectivity index (χ1v) is 12.1. The van der Waals surface area contributed by atoms with Crippen LogP contribution in [-0.4, -0.2) is 39.7 Å². The van der Waals surface area contributed by atoms with Gasteiger partial charge in [0.05, 0.1) is 16.9 Å². The van der Waals surface area contributed by atoms with Crippen molar-refractivity contribution in [3.8, 4) is 11.3 Å². The molecule has 9 heteroatoms. The number of sulfone groups is 1. The third kappa shape index (κ3) is 4.85. The van der Waals surface area contributed by atoms with E-state index in [1.54, 1.807) is 31.2 Å². The summed E-state index contributed by atoms with van der Waals surface area (Å²) in [6, 6.07) is 10.5. The van der Waals surface area contributed by atoms with Gasteiger partial charge in [-0.05, 0) is 64.1 Å². The summed E-state index contributed by atoms with van der Waals surface area (Å²) in [5.74, 6) is -0.417. The van der Waals surface area contributed by atoms with Crippen LogP contribution in [-0.2, 0) is 21.2 Å². The summed E-state index contributed by atoms with van der Waals surface area (Å²) >= 11 is -1.52. The number of hydrogen-bond donors (Lipinski definition) is 0. The highest BCUT2D eigenvalue weighted by Crippen LogP contribution is 2.28. The van der Waals surface area contributed by atoms with Gasteiger partial charge in [0.25, 0.3) is 0 Å². The van der Waals surface area contributed by atoms with Crippen molar-refractivity contribution >= 4 is 37.8 Å². The van der Waals surface area contributed by atoms with E-state index in [0.717, 1.165) is 6.26 Å². The average molecular weight is 448 g/mol. The minimum atomic E-state index is -3.52. The molecule has 2 heterocycles. The zero-order chi connectivity index (χ0) is 22.3. The van der Waals surface area contributed by atoms with Gasteiger partial charge in [-0.1, -0.05) is 10.5 Å². The molecule has 0 aliphatic rings.